The van der Waals surface area contributed by atoms with E-state index in [2.05, 4.69) is 5.28 Å². The van der Waals surface area contributed by atoms with Crippen LogP contribution in [0.5, 0.6) is 0 Å². The zero-order valence-corrected chi connectivity index (χ0v) is 8.03. The molecule has 0 saturated carbocycles. The van der Waals surface area contributed by atoms with Crippen molar-refractivity contribution in [1.82, 2.24) is 0 Å². The molecule has 0 aliphatic carbocycles. The molecule has 1 rings (SSSR count). The van der Waals surface area contributed by atoms with E-state index in [4.69, 9.17) is 4.84 Å². The summed E-state index contributed by atoms with van der Waals surface area (Å²) in [6.45, 7) is 0. The molecule has 0 aliphatic rings. The largest absolute Gasteiger partial charge is 0.592 e. The van der Waals surface area contributed by atoms with Crippen LogP contribution in [-0.4, -0.2) is 17.1 Å². The van der Waals surface area contributed by atoms with E-state index in [1.807, 2.05) is 12.3 Å². The fraction of sp³-hybridized carbons (Fsp3) is 0.250. The Kier molecular flexibility index (Phi) is 4.11. The third-order valence-electron chi connectivity index (χ3n) is 1.28. The van der Waals surface area contributed by atoms with Gasteiger partial charge in [0.1, 0.15) is 0 Å². The zero-order chi connectivity index (χ0) is 9.52. The van der Waals surface area contributed by atoms with Crippen LogP contribution in [0.25, 0.3) is 0 Å². The van der Waals surface area contributed by atoms with Gasteiger partial charge in [-0.3, -0.25) is 0 Å². The number of para-hydroxylation sites is 1. The quantitative estimate of drug-likeness (QED) is 0.245. The van der Waals surface area contributed by atoms with Crippen LogP contribution in [0.4, 0.5) is 5.69 Å². The van der Waals surface area contributed by atoms with Crippen LogP contribution in [0.2, 0.25) is 0 Å². The first-order chi connectivity index (χ1) is 6.34. The summed E-state index contributed by atoms with van der Waals surface area (Å²) in [4.78, 5) is 5.15. The summed E-state index contributed by atoms with van der Waals surface area (Å²) >= 11 is 1.46. The highest BCUT2D eigenvalue weighted by molar-refractivity contribution is 7.98. The van der Waals surface area contributed by atoms with Gasteiger partial charge in [-0.15, -0.1) is 11.8 Å². The normalized spacial score (nSPS) is 11.3. The molecule has 0 amide bonds. The highest BCUT2D eigenvalue weighted by Crippen LogP contribution is 2.09. The van der Waals surface area contributed by atoms with Gasteiger partial charge >= 0.3 is 0 Å². The predicted octanol–water partition coefficient (Wildman–Crippen LogP) is 2.53. The molecule has 0 fully saturated rings. The lowest BCUT2D eigenvalue weighted by Gasteiger charge is -1.97. The monoisotopic (exact) mass is 198 g/mol. The van der Waals surface area contributed by atoms with Crippen LogP contribution in [0, 0.1) is 5.21 Å². The molecule has 70 valence electrons. The van der Waals surface area contributed by atoms with Crippen molar-refractivity contribution in [3.8, 4) is 0 Å². The molecule has 0 saturated heterocycles. The second-order valence-electron chi connectivity index (χ2n) is 2.23. The fourth-order valence-corrected chi connectivity index (χ4v) is 0.884. The second kappa shape index (κ2) is 5.42. The van der Waals surface area contributed by atoms with Gasteiger partial charge in [0.15, 0.2) is 5.94 Å². The minimum Gasteiger partial charge on any atom is -0.592 e. The Labute approximate surface area is 80.8 Å². The lowest BCUT2D eigenvalue weighted by molar-refractivity contribution is -0.477. The van der Waals surface area contributed by atoms with E-state index >= 15 is 0 Å². The number of benzene rings is 1. The lowest BCUT2D eigenvalue weighted by atomic mass is 10.3. The average Bonchev–Trinajstić information content (AvgIpc) is 2.19. The molecule has 0 unspecified atom stereocenters. The van der Waals surface area contributed by atoms with E-state index in [1.54, 1.807) is 24.3 Å². The van der Waals surface area contributed by atoms with Gasteiger partial charge in [-0.05, 0) is 11.1 Å². The molecule has 1 aromatic rings. The summed E-state index contributed by atoms with van der Waals surface area (Å²) in [6.07, 6.45) is 1.87. The van der Waals surface area contributed by atoms with Gasteiger partial charge in [0.2, 0.25) is 11.0 Å². The van der Waals surface area contributed by atoms with Crippen LogP contribution in [0.1, 0.15) is 0 Å². The van der Waals surface area contributed by atoms with Crippen molar-refractivity contribution in [2.75, 3.05) is 12.2 Å². The number of thioether (sulfide) groups is 1. The van der Waals surface area contributed by atoms with Crippen molar-refractivity contribution in [3.05, 3.63) is 35.5 Å². The van der Waals surface area contributed by atoms with Gasteiger partial charge in [-0.1, -0.05) is 18.2 Å². The maximum Gasteiger partial charge on any atom is 0.248 e. The van der Waals surface area contributed by atoms with E-state index in [-0.39, 0.29) is 0 Å². The molecule has 13 heavy (non-hydrogen) atoms. The van der Waals surface area contributed by atoms with Crippen molar-refractivity contribution in [2.24, 2.45) is 5.28 Å². The first-order valence-corrected chi connectivity index (χ1v) is 5.08. The maximum atomic E-state index is 11.1. The first-order valence-electron chi connectivity index (χ1n) is 3.69. The summed E-state index contributed by atoms with van der Waals surface area (Å²) < 4.78 is 0. The molecule has 0 bridgehead atoms. The Balaban J connectivity index is 2.57. The van der Waals surface area contributed by atoms with Crippen molar-refractivity contribution in [2.45, 2.75) is 0 Å². The zero-order valence-electron chi connectivity index (χ0n) is 7.21. The summed E-state index contributed by atoms with van der Waals surface area (Å²) in [5.74, 6) is 0.381. The number of rotatable bonds is 4. The summed E-state index contributed by atoms with van der Waals surface area (Å²) in [6, 6.07) is 8.70. The molecular weight excluding hydrogens is 188 g/mol. The van der Waals surface area contributed by atoms with Crippen molar-refractivity contribution in [3.63, 3.8) is 0 Å². The third kappa shape index (κ3) is 3.33. The number of hydrogen-bond donors (Lipinski definition) is 0. The Morgan fingerprint density at radius 3 is 2.77 bits per heavy atom. The van der Waals surface area contributed by atoms with Crippen LogP contribution in [-0.2, 0) is 4.84 Å². The van der Waals surface area contributed by atoms with Gasteiger partial charge in [0, 0.05) is 12.1 Å². The number of nitrogens with zero attached hydrogens (tertiary/aromatic N) is 2. The Morgan fingerprint density at radius 2 is 2.15 bits per heavy atom. The molecule has 0 atom stereocenters. The molecule has 0 aromatic heterocycles. The van der Waals surface area contributed by atoms with E-state index in [0.29, 0.717) is 16.5 Å². The summed E-state index contributed by atoms with van der Waals surface area (Å²) in [5.41, 5.74) is 0.462. The summed E-state index contributed by atoms with van der Waals surface area (Å²) in [5, 5.41) is 14.5. The first kappa shape index (κ1) is 9.85. The molecule has 5 heteroatoms. The SMILES string of the molecule is CSCO/N=[N+](/[O-])c1ccccc1. The highest BCUT2D eigenvalue weighted by atomic mass is 32.2. The van der Waals surface area contributed by atoms with E-state index in [9.17, 15) is 5.21 Å². The van der Waals surface area contributed by atoms with Crippen LogP contribution < -0.4 is 0 Å². The minimum absolute atomic E-state index is 0.381. The minimum atomic E-state index is 0.381. The molecule has 0 radical (unpaired) electrons. The Hall–Kier alpha value is -1.23. The van der Waals surface area contributed by atoms with Crippen LogP contribution >= 0.6 is 11.8 Å². The second-order valence-corrected chi connectivity index (χ2v) is 3.04. The van der Waals surface area contributed by atoms with Crippen molar-refractivity contribution < 1.29 is 9.70 Å². The molecule has 0 heterocycles. The van der Waals surface area contributed by atoms with E-state index in [0.717, 1.165) is 0 Å². The Morgan fingerprint density at radius 1 is 1.46 bits per heavy atom. The molecule has 4 nitrogen and oxygen atoms in total. The van der Waals surface area contributed by atoms with Crippen molar-refractivity contribution >= 4 is 17.4 Å². The fourth-order valence-electron chi connectivity index (χ4n) is 0.731. The molecular formula is C8H10N2O2S. The predicted molar refractivity (Wildman–Crippen MR) is 51.6 cm³/mol. The van der Waals surface area contributed by atoms with E-state index < -0.39 is 0 Å². The highest BCUT2D eigenvalue weighted by Gasteiger charge is 2.00. The van der Waals surface area contributed by atoms with Gasteiger partial charge in [-0.2, -0.15) is 0 Å². The summed E-state index contributed by atoms with van der Waals surface area (Å²) in [7, 11) is 0. The Bertz CT molecular complexity index is 277. The lowest BCUT2D eigenvalue weighted by Crippen LogP contribution is -1.92. The topological polar surface area (TPSA) is 47.7 Å². The molecule has 0 aliphatic heterocycles. The van der Waals surface area contributed by atoms with Gasteiger partial charge in [0.05, 0.1) is 0 Å². The molecule has 0 N–H and O–H groups in total. The van der Waals surface area contributed by atoms with Crippen LogP contribution in [0.3, 0.4) is 0 Å². The standard InChI is InChI=1S/C8H10N2O2S/c1-13-7-12-9-10(11)8-5-3-2-4-6-8/h2-6H,7H2,1H3/b10-9+. The number of hydrogen-bond acceptors (Lipinski definition) is 4. The van der Waals surface area contributed by atoms with Crippen LogP contribution in [0.15, 0.2) is 35.6 Å². The van der Waals surface area contributed by atoms with Gasteiger partial charge in [-0.25, -0.2) is 0 Å². The van der Waals surface area contributed by atoms with Gasteiger partial charge < -0.3 is 10.0 Å². The van der Waals surface area contributed by atoms with Crippen molar-refractivity contribution in [1.29, 1.82) is 0 Å². The molecule has 0 spiro atoms. The molecule has 1 aromatic carbocycles. The third-order valence-corrected chi connectivity index (χ3v) is 1.62. The maximum absolute atomic E-state index is 11.1. The smallest absolute Gasteiger partial charge is 0.248 e. The average molecular weight is 198 g/mol. The van der Waals surface area contributed by atoms with Gasteiger partial charge in [0.25, 0.3) is 0 Å². The van der Waals surface area contributed by atoms with E-state index in [1.165, 1.54) is 11.8 Å².